The summed E-state index contributed by atoms with van der Waals surface area (Å²) in [6.07, 6.45) is 2.10. The van der Waals surface area contributed by atoms with Gasteiger partial charge in [0, 0.05) is 30.5 Å². The number of esters is 1. The van der Waals surface area contributed by atoms with Gasteiger partial charge in [-0.25, -0.2) is 4.79 Å². The van der Waals surface area contributed by atoms with Crippen molar-refractivity contribution in [2.24, 2.45) is 0 Å². The summed E-state index contributed by atoms with van der Waals surface area (Å²) in [6.45, 7) is 6.02. The molecule has 0 unspecified atom stereocenters. The molecule has 2 aromatic rings. The second kappa shape index (κ2) is 9.06. The Kier molecular flexibility index (Phi) is 6.52. The third-order valence-corrected chi connectivity index (χ3v) is 5.36. The standard InChI is InChI=1S/C22H27N3O2S/c1-15-9-10-18(21(26)27-3)14-19(15)24-22(28)23-11-6-12-25-16(2)13-17-7-4-5-8-20(17)25/h4-5,7-10,14,16H,6,11-13H2,1-3H3,(H2,23,24,28)/t16-/m0/s1. The van der Waals surface area contributed by atoms with Gasteiger partial charge in [-0.15, -0.1) is 0 Å². The molecule has 0 saturated heterocycles. The average molecular weight is 398 g/mol. The van der Waals surface area contributed by atoms with Crippen LogP contribution in [0, 0.1) is 6.92 Å². The maximum atomic E-state index is 11.7. The predicted octanol–water partition coefficient (Wildman–Crippen LogP) is 3.91. The first-order chi connectivity index (χ1) is 13.5. The van der Waals surface area contributed by atoms with Gasteiger partial charge in [-0.3, -0.25) is 0 Å². The van der Waals surface area contributed by atoms with Gasteiger partial charge >= 0.3 is 5.97 Å². The number of carbonyl (C=O) groups is 1. The number of carbonyl (C=O) groups excluding carboxylic acids is 1. The summed E-state index contributed by atoms with van der Waals surface area (Å²) in [6, 6.07) is 14.6. The summed E-state index contributed by atoms with van der Waals surface area (Å²) < 4.78 is 4.78. The highest BCUT2D eigenvalue weighted by molar-refractivity contribution is 7.80. The van der Waals surface area contributed by atoms with E-state index in [0.717, 1.165) is 37.2 Å². The van der Waals surface area contributed by atoms with Crippen LogP contribution in [0.4, 0.5) is 11.4 Å². The van der Waals surface area contributed by atoms with Crippen LogP contribution in [0.25, 0.3) is 0 Å². The summed E-state index contributed by atoms with van der Waals surface area (Å²) >= 11 is 5.42. The fraction of sp³-hybridized carbons (Fsp3) is 0.364. The molecule has 1 aliphatic heterocycles. The first-order valence-electron chi connectivity index (χ1n) is 9.58. The monoisotopic (exact) mass is 397 g/mol. The smallest absolute Gasteiger partial charge is 0.337 e. The van der Waals surface area contributed by atoms with Gasteiger partial charge in [-0.05, 0) is 68.2 Å². The number of rotatable bonds is 6. The Hall–Kier alpha value is -2.60. The minimum Gasteiger partial charge on any atom is -0.465 e. The molecule has 3 rings (SSSR count). The second-order valence-corrected chi connectivity index (χ2v) is 7.54. The zero-order valence-corrected chi connectivity index (χ0v) is 17.4. The van der Waals surface area contributed by atoms with Crippen molar-refractivity contribution in [2.45, 2.75) is 32.7 Å². The third-order valence-electron chi connectivity index (χ3n) is 5.12. The number of anilines is 2. The van der Waals surface area contributed by atoms with Crippen LogP contribution in [0.5, 0.6) is 0 Å². The minimum atomic E-state index is -0.359. The highest BCUT2D eigenvalue weighted by atomic mass is 32.1. The van der Waals surface area contributed by atoms with E-state index >= 15 is 0 Å². The number of methoxy groups -OCH3 is 1. The van der Waals surface area contributed by atoms with Gasteiger partial charge in [0.2, 0.25) is 0 Å². The van der Waals surface area contributed by atoms with E-state index in [1.165, 1.54) is 18.4 Å². The van der Waals surface area contributed by atoms with E-state index in [0.29, 0.717) is 16.7 Å². The molecule has 1 heterocycles. The molecule has 0 spiro atoms. The number of thiocarbonyl (C=S) groups is 1. The number of hydrogen-bond acceptors (Lipinski definition) is 4. The fourth-order valence-electron chi connectivity index (χ4n) is 3.59. The minimum absolute atomic E-state index is 0.359. The van der Waals surface area contributed by atoms with Crippen molar-refractivity contribution in [3.8, 4) is 0 Å². The zero-order chi connectivity index (χ0) is 20.1. The lowest BCUT2D eigenvalue weighted by Gasteiger charge is -2.25. The molecule has 6 heteroatoms. The van der Waals surface area contributed by atoms with E-state index in [2.05, 4.69) is 46.7 Å². The Morgan fingerprint density at radius 1 is 1.29 bits per heavy atom. The summed E-state index contributed by atoms with van der Waals surface area (Å²) in [5.41, 5.74) is 5.11. The van der Waals surface area contributed by atoms with Crippen molar-refractivity contribution in [1.29, 1.82) is 0 Å². The van der Waals surface area contributed by atoms with Gasteiger partial charge in [-0.1, -0.05) is 24.3 Å². The van der Waals surface area contributed by atoms with Crippen molar-refractivity contribution >= 4 is 34.7 Å². The van der Waals surface area contributed by atoms with Crippen molar-refractivity contribution < 1.29 is 9.53 Å². The number of nitrogens with one attached hydrogen (secondary N) is 2. The molecular weight excluding hydrogens is 370 g/mol. The summed E-state index contributed by atoms with van der Waals surface area (Å²) in [5.74, 6) is -0.359. The topological polar surface area (TPSA) is 53.6 Å². The van der Waals surface area contributed by atoms with Crippen LogP contribution >= 0.6 is 12.2 Å². The Morgan fingerprint density at radius 3 is 2.86 bits per heavy atom. The van der Waals surface area contributed by atoms with E-state index < -0.39 is 0 Å². The Labute approximate surface area is 172 Å². The highest BCUT2D eigenvalue weighted by Gasteiger charge is 2.24. The van der Waals surface area contributed by atoms with Gasteiger partial charge in [0.05, 0.1) is 12.7 Å². The van der Waals surface area contributed by atoms with Gasteiger partial charge in [0.15, 0.2) is 5.11 Å². The molecule has 2 N–H and O–H groups in total. The molecule has 0 amide bonds. The zero-order valence-electron chi connectivity index (χ0n) is 16.6. The molecule has 0 aromatic heterocycles. The molecule has 1 atom stereocenters. The van der Waals surface area contributed by atoms with E-state index in [-0.39, 0.29) is 5.97 Å². The quantitative estimate of drug-likeness (QED) is 0.438. The van der Waals surface area contributed by atoms with Crippen LogP contribution in [-0.2, 0) is 11.2 Å². The van der Waals surface area contributed by atoms with E-state index in [4.69, 9.17) is 17.0 Å². The SMILES string of the molecule is COC(=O)c1ccc(C)c(NC(=S)NCCCN2c3ccccc3C[C@@H]2C)c1. The van der Waals surface area contributed by atoms with Gasteiger partial charge in [-0.2, -0.15) is 0 Å². The molecule has 0 radical (unpaired) electrons. The number of nitrogens with zero attached hydrogens (tertiary/aromatic N) is 1. The van der Waals surface area contributed by atoms with E-state index in [1.54, 1.807) is 12.1 Å². The molecule has 0 aliphatic carbocycles. The van der Waals surface area contributed by atoms with Crippen LogP contribution < -0.4 is 15.5 Å². The van der Waals surface area contributed by atoms with Crippen LogP contribution in [-0.4, -0.2) is 37.3 Å². The van der Waals surface area contributed by atoms with Crippen molar-refractivity contribution in [1.82, 2.24) is 5.32 Å². The lowest BCUT2D eigenvalue weighted by Crippen LogP contribution is -2.34. The summed E-state index contributed by atoms with van der Waals surface area (Å²) in [4.78, 5) is 14.2. The van der Waals surface area contributed by atoms with Crippen LogP contribution in [0.15, 0.2) is 42.5 Å². The van der Waals surface area contributed by atoms with E-state index in [1.807, 2.05) is 13.0 Å². The lowest BCUT2D eigenvalue weighted by molar-refractivity contribution is 0.0601. The van der Waals surface area contributed by atoms with Crippen LogP contribution in [0.3, 0.4) is 0 Å². The number of fused-ring (bicyclic) bond motifs is 1. The molecule has 0 saturated carbocycles. The largest absolute Gasteiger partial charge is 0.465 e. The van der Waals surface area contributed by atoms with Crippen LogP contribution in [0.2, 0.25) is 0 Å². The van der Waals surface area contributed by atoms with Crippen molar-refractivity contribution in [3.63, 3.8) is 0 Å². The molecule has 5 nitrogen and oxygen atoms in total. The molecular formula is C22H27N3O2S. The number of ether oxygens (including phenoxy) is 1. The second-order valence-electron chi connectivity index (χ2n) is 7.13. The molecule has 0 bridgehead atoms. The summed E-state index contributed by atoms with van der Waals surface area (Å²) in [7, 11) is 1.38. The van der Waals surface area contributed by atoms with E-state index in [9.17, 15) is 4.79 Å². The highest BCUT2D eigenvalue weighted by Crippen LogP contribution is 2.31. The molecule has 148 valence electrons. The predicted molar refractivity (Wildman–Crippen MR) is 118 cm³/mol. The molecule has 28 heavy (non-hydrogen) atoms. The first kappa shape index (κ1) is 20.1. The average Bonchev–Trinajstić information content (AvgIpc) is 3.01. The fourth-order valence-corrected chi connectivity index (χ4v) is 3.80. The van der Waals surface area contributed by atoms with Crippen LogP contribution in [0.1, 0.15) is 34.8 Å². The maximum Gasteiger partial charge on any atom is 0.337 e. The third kappa shape index (κ3) is 4.62. The number of benzene rings is 2. The first-order valence-corrected chi connectivity index (χ1v) is 9.98. The molecule has 1 aliphatic rings. The Balaban J connectivity index is 1.49. The summed E-state index contributed by atoms with van der Waals surface area (Å²) in [5, 5.41) is 7.00. The maximum absolute atomic E-state index is 11.7. The normalized spacial score (nSPS) is 15.1. The number of aryl methyl sites for hydroxylation is 1. The Bertz CT molecular complexity index is 869. The van der Waals surface area contributed by atoms with Gasteiger partial charge in [0.1, 0.15) is 0 Å². The van der Waals surface area contributed by atoms with Crippen molar-refractivity contribution in [3.05, 3.63) is 59.2 Å². The van der Waals surface area contributed by atoms with Gasteiger partial charge in [0.25, 0.3) is 0 Å². The number of para-hydroxylation sites is 1. The molecule has 0 fully saturated rings. The lowest BCUT2D eigenvalue weighted by atomic mass is 10.1. The molecule has 2 aromatic carbocycles. The van der Waals surface area contributed by atoms with Gasteiger partial charge < -0.3 is 20.3 Å². The Morgan fingerprint density at radius 2 is 2.07 bits per heavy atom. The van der Waals surface area contributed by atoms with Crippen molar-refractivity contribution in [2.75, 3.05) is 30.4 Å². The number of hydrogen-bond donors (Lipinski definition) is 2.